The van der Waals surface area contributed by atoms with Crippen molar-refractivity contribution in [2.24, 2.45) is 5.73 Å². The molecule has 10 heteroatoms. The summed E-state index contributed by atoms with van der Waals surface area (Å²) >= 11 is 3.04. The van der Waals surface area contributed by atoms with Crippen molar-refractivity contribution >= 4 is 28.1 Å². The molecule has 0 saturated heterocycles. The van der Waals surface area contributed by atoms with Crippen LogP contribution in [0.4, 0.5) is 9.59 Å². The second kappa shape index (κ2) is 13.1. The summed E-state index contributed by atoms with van der Waals surface area (Å²) in [5.41, 5.74) is 3.82. The minimum Gasteiger partial charge on any atom is -0.444 e. The van der Waals surface area contributed by atoms with Gasteiger partial charge in [-0.1, -0.05) is 15.9 Å². The lowest BCUT2D eigenvalue weighted by Crippen LogP contribution is -2.42. The maximum absolute atomic E-state index is 11.3. The average Bonchev–Trinajstić information content (AvgIpc) is 2.47. The van der Waals surface area contributed by atoms with Crippen LogP contribution in [0.5, 0.6) is 0 Å². The lowest BCUT2D eigenvalue weighted by atomic mass is 10.2. The minimum absolute atomic E-state index is 0.0231. The molecule has 0 saturated carbocycles. The van der Waals surface area contributed by atoms with Crippen molar-refractivity contribution in [2.75, 3.05) is 25.0 Å². The average molecular weight is 444 g/mol. The molecule has 0 heterocycles. The first-order valence-corrected chi connectivity index (χ1v) is 9.38. The molecule has 0 aliphatic carbocycles. The molecular weight excluding hydrogens is 410 g/mol. The molecule has 0 bridgehead atoms. The van der Waals surface area contributed by atoms with Gasteiger partial charge in [0.15, 0.2) is 0 Å². The Morgan fingerprint density at radius 3 is 1.46 bits per heavy atom. The number of aliphatic hydroxyl groups is 2. The van der Waals surface area contributed by atoms with Crippen molar-refractivity contribution in [3.63, 3.8) is 0 Å². The molecule has 9 nitrogen and oxygen atoms in total. The van der Waals surface area contributed by atoms with E-state index in [1.54, 1.807) is 41.5 Å². The van der Waals surface area contributed by atoms with Gasteiger partial charge in [-0.25, -0.2) is 9.59 Å². The summed E-state index contributed by atoms with van der Waals surface area (Å²) in [6.45, 7) is 10.8. The van der Waals surface area contributed by atoms with Crippen LogP contribution in [0.3, 0.4) is 0 Å². The molecule has 0 aromatic rings. The summed E-state index contributed by atoms with van der Waals surface area (Å²) in [5, 5.41) is 23.5. The number of nitrogens with two attached hydrogens (primary N) is 1. The largest absolute Gasteiger partial charge is 0.444 e. The number of hydrogen-bond acceptors (Lipinski definition) is 7. The third-order valence-corrected chi connectivity index (χ3v) is 2.96. The monoisotopic (exact) mass is 443 g/mol. The van der Waals surface area contributed by atoms with Crippen LogP contribution in [0.25, 0.3) is 0 Å². The van der Waals surface area contributed by atoms with E-state index in [-0.39, 0.29) is 19.2 Å². The lowest BCUT2D eigenvalue weighted by Gasteiger charge is -2.21. The first kappa shape index (κ1) is 27.1. The van der Waals surface area contributed by atoms with E-state index in [2.05, 4.69) is 26.6 Å². The van der Waals surface area contributed by atoms with Gasteiger partial charge in [-0.05, 0) is 41.5 Å². The fraction of sp³-hybridized carbons (Fsp3) is 0.875. The molecule has 0 aliphatic rings. The molecule has 1 unspecified atom stereocenters. The first-order chi connectivity index (χ1) is 11.7. The Hall–Kier alpha value is -1.10. The number of ether oxygens (including phenoxy) is 2. The summed E-state index contributed by atoms with van der Waals surface area (Å²) in [6.07, 6.45) is -2.53. The Morgan fingerprint density at radius 1 is 0.923 bits per heavy atom. The fourth-order valence-corrected chi connectivity index (χ4v) is 1.43. The predicted molar refractivity (Wildman–Crippen MR) is 103 cm³/mol. The highest BCUT2D eigenvalue weighted by molar-refractivity contribution is 9.09. The molecule has 0 fully saturated rings. The van der Waals surface area contributed by atoms with E-state index in [1.807, 2.05) is 0 Å². The van der Waals surface area contributed by atoms with Crippen LogP contribution in [-0.2, 0) is 9.47 Å². The van der Waals surface area contributed by atoms with Crippen molar-refractivity contribution in [1.82, 2.24) is 10.6 Å². The van der Waals surface area contributed by atoms with Gasteiger partial charge in [0.2, 0.25) is 0 Å². The van der Waals surface area contributed by atoms with Gasteiger partial charge >= 0.3 is 12.2 Å². The number of alkyl halides is 1. The maximum atomic E-state index is 11.3. The van der Waals surface area contributed by atoms with Crippen LogP contribution in [-0.4, -0.2) is 70.8 Å². The van der Waals surface area contributed by atoms with Crippen molar-refractivity contribution in [1.29, 1.82) is 0 Å². The standard InChI is InChI=1S/C13H26N2O5.C3H8BrNO/c1-12(2,3)19-10(17)14-7-9(16)8-15-11(18)20-13(4,5)6;4-1-3(6)2-5/h9,16H,7-8H2,1-6H3,(H,14,17)(H,15,18);3,6H,1-2,5H2. The number of carbonyl (C=O) groups excluding carboxylic acids is 2. The van der Waals surface area contributed by atoms with Crippen molar-refractivity contribution in [2.45, 2.75) is 65.0 Å². The van der Waals surface area contributed by atoms with Crippen LogP contribution in [0.1, 0.15) is 41.5 Å². The molecule has 0 radical (unpaired) electrons. The van der Waals surface area contributed by atoms with Gasteiger partial charge in [0.1, 0.15) is 11.2 Å². The van der Waals surface area contributed by atoms with Crippen LogP contribution < -0.4 is 16.4 Å². The summed E-state index contributed by atoms with van der Waals surface area (Å²) in [5.74, 6) is 0. The van der Waals surface area contributed by atoms with Crippen molar-refractivity contribution in [3.05, 3.63) is 0 Å². The quantitative estimate of drug-likeness (QED) is 0.386. The van der Waals surface area contributed by atoms with Gasteiger partial charge in [0.25, 0.3) is 0 Å². The normalized spacial score (nSPS) is 12.6. The zero-order valence-electron chi connectivity index (χ0n) is 16.5. The molecular formula is C16H34BrN3O6. The van der Waals surface area contributed by atoms with E-state index >= 15 is 0 Å². The van der Waals surface area contributed by atoms with Crippen LogP contribution >= 0.6 is 15.9 Å². The van der Waals surface area contributed by atoms with Gasteiger partial charge in [-0.15, -0.1) is 0 Å². The summed E-state index contributed by atoms with van der Waals surface area (Å²) in [4.78, 5) is 22.7. The number of nitrogens with one attached hydrogen (secondary N) is 2. The third-order valence-electron chi connectivity index (χ3n) is 2.21. The molecule has 0 aromatic carbocycles. The van der Waals surface area contributed by atoms with E-state index in [4.69, 9.17) is 20.3 Å². The number of aliphatic hydroxyl groups excluding tert-OH is 2. The topological polar surface area (TPSA) is 143 Å². The number of halogens is 1. The van der Waals surface area contributed by atoms with E-state index < -0.39 is 29.5 Å². The highest BCUT2D eigenvalue weighted by Crippen LogP contribution is 2.07. The minimum atomic E-state index is -0.921. The van der Waals surface area contributed by atoms with Crippen LogP contribution in [0, 0.1) is 0 Å². The Labute approximate surface area is 164 Å². The van der Waals surface area contributed by atoms with E-state index in [0.29, 0.717) is 11.9 Å². The van der Waals surface area contributed by atoms with Gasteiger partial charge in [0, 0.05) is 25.0 Å². The molecule has 26 heavy (non-hydrogen) atoms. The first-order valence-electron chi connectivity index (χ1n) is 8.26. The van der Waals surface area contributed by atoms with Gasteiger partial charge in [-0.3, -0.25) is 0 Å². The van der Waals surface area contributed by atoms with E-state index in [0.717, 1.165) is 0 Å². The smallest absolute Gasteiger partial charge is 0.407 e. The molecule has 0 aliphatic heterocycles. The van der Waals surface area contributed by atoms with E-state index in [1.165, 1.54) is 0 Å². The Kier molecular flexibility index (Phi) is 13.7. The third kappa shape index (κ3) is 20.9. The second-order valence-electron chi connectivity index (χ2n) is 7.46. The van der Waals surface area contributed by atoms with Crippen molar-refractivity contribution < 1.29 is 29.3 Å². The van der Waals surface area contributed by atoms with E-state index in [9.17, 15) is 14.7 Å². The highest BCUT2D eigenvalue weighted by Gasteiger charge is 2.18. The van der Waals surface area contributed by atoms with Gasteiger partial charge in [0.05, 0.1) is 12.2 Å². The zero-order valence-corrected chi connectivity index (χ0v) is 18.1. The predicted octanol–water partition coefficient (Wildman–Crippen LogP) is 1.10. The number of alkyl carbamates (subject to hydrolysis) is 2. The van der Waals surface area contributed by atoms with Gasteiger partial charge in [-0.2, -0.15) is 0 Å². The van der Waals surface area contributed by atoms with Crippen LogP contribution in [0.15, 0.2) is 0 Å². The lowest BCUT2D eigenvalue weighted by molar-refractivity contribution is 0.0460. The SMILES string of the molecule is CC(C)(C)OC(=O)NCC(O)CNC(=O)OC(C)(C)C.NCC(O)CBr. The van der Waals surface area contributed by atoms with Crippen LogP contribution in [0.2, 0.25) is 0 Å². The molecule has 0 spiro atoms. The number of carbonyl (C=O) groups is 2. The number of hydrogen-bond donors (Lipinski definition) is 5. The Balaban J connectivity index is 0. The fourth-order valence-electron chi connectivity index (χ4n) is 1.17. The summed E-state index contributed by atoms with van der Waals surface area (Å²) < 4.78 is 10.0. The summed E-state index contributed by atoms with van der Waals surface area (Å²) in [7, 11) is 0. The second-order valence-corrected chi connectivity index (χ2v) is 8.11. The number of amides is 2. The Bertz CT molecular complexity index is 374. The zero-order chi connectivity index (χ0) is 21.0. The maximum Gasteiger partial charge on any atom is 0.407 e. The number of rotatable bonds is 6. The molecule has 6 N–H and O–H groups in total. The van der Waals surface area contributed by atoms with Gasteiger partial charge < -0.3 is 36.1 Å². The van der Waals surface area contributed by atoms with Crippen molar-refractivity contribution in [3.8, 4) is 0 Å². The molecule has 156 valence electrons. The molecule has 1 atom stereocenters. The highest BCUT2D eigenvalue weighted by atomic mass is 79.9. The molecule has 0 aromatic heterocycles. The Morgan fingerprint density at radius 2 is 1.27 bits per heavy atom. The summed E-state index contributed by atoms with van der Waals surface area (Å²) in [6, 6.07) is 0. The molecule has 0 rings (SSSR count). The molecule has 2 amide bonds.